The smallest absolute Gasteiger partial charge is 0.0845 e. The number of para-hydroxylation sites is 1. The van der Waals surface area contributed by atoms with E-state index in [1.54, 1.807) is 0 Å². The summed E-state index contributed by atoms with van der Waals surface area (Å²) >= 11 is 0. The van der Waals surface area contributed by atoms with Crippen LogP contribution in [0.3, 0.4) is 0 Å². The van der Waals surface area contributed by atoms with Gasteiger partial charge in [0.15, 0.2) is 0 Å². The van der Waals surface area contributed by atoms with Crippen molar-refractivity contribution in [2.75, 3.05) is 37.6 Å². The summed E-state index contributed by atoms with van der Waals surface area (Å²) in [5.74, 6) is 0. The molecule has 28 heavy (non-hydrogen) atoms. The number of nitrogens with zero attached hydrogens (tertiary/aromatic N) is 3. The average molecular weight is 378 g/mol. The first-order chi connectivity index (χ1) is 13.5. The van der Waals surface area contributed by atoms with Gasteiger partial charge in [-0.05, 0) is 44.5 Å². The lowest BCUT2D eigenvalue weighted by atomic mass is 10.2. The first-order valence-corrected chi connectivity index (χ1v) is 10.3. The van der Waals surface area contributed by atoms with Crippen LogP contribution in [0.2, 0.25) is 0 Å². The van der Waals surface area contributed by atoms with E-state index >= 15 is 0 Å². The average Bonchev–Trinajstić information content (AvgIpc) is 2.94. The molecule has 0 amide bonds. The van der Waals surface area contributed by atoms with E-state index in [-0.39, 0.29) is 6.10 Å². The van der Waals surface area contributed by atoms with Gasteiger partial charge in [-0.25, -0.2) is 0 Å². The molecule has 2 aromatic carbocycles. The van der Waals surface area contributed by atoms with Crippen molar-refractivity contribution in [1.29, 1.82) is 0 Å². The standard InChI is InChI=1S/C24H31N3O/c1-18-8-10-21(11-9-18)26-14-12-25(13-15-26)16-22(28)17-27-20(3)19(2)23-6-4-5-7-24(23)27/h4-11,22,28H,12-17H2,1-3H3/t22-/m0/s1. The Balaban J connectivity index is 1.36. The first kappa shape index (κ1) is 19.0. The number of piperazine rings is 1. The number of aromatic nitrogens is 1. The van der Waals surface area contributed by atoms with Crippen LogP contribution in [0.1, 0.15) is 16.8 Å². The van der Waals surface area contributed by atoms with E-state index in [9.17, 15) is 5.11 Å². The number of aliphatic hydroxyl groups excluding tert-OH is 1. The molecule has 1 aliphatic rings. The zero-order chi connectivity index (χ0) is 19.7. The van der Waals surface area contributed by atoms with Gasteiger partial charge in [-0.2, -0.15) is 0 Å². The van der Waals surface area contributed by atoms with Gasteiger partial charge in [0.1, 0.15) is 0 Å². The Morgan fingerprint density at radius 3 is 2.25 bits per heavy atom. The van der Waals surface area contributed by atoms with Crippen LogP contribution in [0.5, 0.6) is 0 Å². The molecule has 1 saturated heterocycles. The molecule has 1 N–H and O–H groups in total. The molecular weight excluding hydrogens is 346 g/mol. The lowest BCUT2D eigenvalue weighted by Crippen LogP contribution is -2.49. The van der Waals surface area contributed by atoms with Gasteiger partial charge in [-0.3, -0.25) is 4.90 Å². The third-order valence-corrected chi connectivity index (χ3v) is 6.18. The third kappa shape index (κ3) is 3.80. The van der Waals surface area contributed by atoms with Gasteiger partial charge < -0.3 is 14.6 Å². The zero-order valence-corrected chi connectivity index (χ0v) is 17.2. The van der Waals surface area contributed by atoms with Gasteiger partial charge in [0.25, 0.3) is 0 Å². The second-order valence-corrected chi connectivity index (χ2v) is 8.12. The Labute approximate surface area is 168 Å². The van der Waals surface area contributed by atoms with E-state index in [1.807, 2.05) is 0 Å². The Bertz CT molecular complexity index is 936. The molecule has 0 radical (unpaired) electrons. The minimum absolute atomic E-state index is 0.361. The van der Waals surface area contributed by atoms with E-state index in [4.69, 9.17) is 0 Å². The number of hydrogen-bond acceptors (Lipinski definition) is 3. The quantitative estimate of drug-likeness (QED) is 0.735. The summed E-state index contributed by atoms with van der Waals surface area (Å²) in [5, 5.41) is 12.1. The number of aryl methyl sites for hydroxylation is 2. The molecule has 0 spiro atoms. The Morgan fingerprint density at radius 1 is 0.857 bits per heavy atom. The second kappa shape index (κ2) is 7.98. The van der Waals surface area contributed by atoms with Crippen LogP contribution in [0.4, 0.5) is 5.69 Å². The molecule has 4 heteroatoms. The van der Waals surface area contributed by atoms with Crippen LogP contribution in [0.25, 0.3) is 10.9 Å². The van der Waals surface area contributed by atoms with Gasteiger partial charge in [0.2, 0.25) is 0 Å². The molecule has 0 bridgehead atoms. The van der Waals surface area contributed by atoms with Crippen molar-refractivity contribution < 1.29 is 5.11 Å². The van der Waals surface area contributed by atoms with Gasteiger partial charge in [-0.15, -0.1) is 0 Å². The minimum Gasteiger partial charge on any atom is -0.390 e. The van der Waals surface area contributed by atoms with Crippen LogP contribution in [-0.2, 0) is 6.54 Å². The van der Waals surface area contributed by atoms with Crippen LogP contribution in [0.15, 0.2) is 48.5 Å². The number of rotatable bonds is 5. The highest BCUT2D eigenvalue weighted by Crippen LogP contribution is 2.25. The number of β-amino-alcohol motifs (C(OH)–C–C–N with tert-alkyl or cyclic N) is 1. The van der Waals surface area contributed by atoms with Gasteiger partial charge in [-0.1, -0.05) is 35.9 Å². The Hall–Kier alpha value is -2.30. The topological polar surface area (TPSA) is 31.6 Å². The molecule has 1 aliphatic heterocycles. The maximum Gasteiger partial charge on any atom is 0.0845 e. The molecule has 3 aromatic rings. The largest absolute Gasteiger partial charge is 0.390 e. The maximum absolute atomic E-state index is 10.8. The Morgan fingerprint density at radius 2 is 1.54 bits per heavy atom. The normalized spacial score (nSPS) is 16.6. The minimum atomic E-state index is -0.361. The summed E-state index contributed by atoms with van der Waals surface area (Å²) in [4.78, 5) is 4.83. The highest BCUT2D eigenvalue weighted by atomic mass is 16.3. The summed E-state index contributed by atoms with van der Waals surface area (Å²) in [5.41, 5.74) is 6.39. The zero-order valence-electron chi connectivity index (χ0n) is 17.2. The molecule has 0 unspecified atom stereocenters. The number of benzene rings is 2. The van der Waals surface area contributed by atoms with Crippen LogP contribution in [0, 0.1) is 20.8 Å². The van der Waals surface area contributed by atoms with E-state index in [0.717, 1.165) is 32.7 Å². The van der Waals surface area contributed by atoms with E-state index in [2.05, 4.69) is 83.7 Å². The number of aliphatic hydroxyl groups is 1. The molecule has 0 aliphatic carbocycles. The second-order valence-electron chi connectivity index (χ2n) is 8.12. The van der Waals surface area contributed by atoms with Crippen molar-refractivity contribution >= 4 is 16.6 Å². The number of anilines is 1. The summed E-state index contributed by atoms with van der Waals surface area (Å²) in [7, 11) is 0. The molecular formula is C24H31N3O. The van der Waals surface area contributed by atoms with E-state index in [1.165, 1.54) is 33.4 Å². The van der Waals surface area contributed by atoms with Gasteiger partial charge in [0.05, 0.1) is 12.6 Å². The fraction of sp³-hybridized carbons (Fsp3) is 0.417. The predicted molar refractivity (Wildman–Crippen MR) is 117 cm³/mol. The van der Waals surface area contributed by atoms with E-state index < -0.39 is 0 Å². The molecule has 4 nitrogen and oxygen atoms in total. The highest BCUT2D eigenvalue weighted by molar-refractivity contribution is 5.85. The van der Waals surface area contributed by atoms with Crippen molar-refractivity contribution in [2.45, 2.75) is 33.4 Å². The molecule has 1 aromatic heterocycles. The molecule has 0 saturated carbocycles. The molecule has 1 atom stereocenters. The van der Waals surface area contributed by atoms with Gasteiger partial charge in [0, 0.05) is 55.0 Å². The van der Waals surface area contributed by atoms with Gasteiger partial charge >= 0.3 is 0 Å². The lowest BCUT2D eigenvalue weighted by Gasteiger charge is -2.37. The van der Waals surface area contributed by atoms with Crippen molar-refractivity contribution in [3.05, 3.63) is 65.4 Å². The van der Waals surface area contributed by atoms with Crippen molar-refractivity contribution in [1.82, 2.24) is 9.47 Å². The lowest BCUT2D eigenvalue weighted by molar-refractivity contribution is 0.0956. The number of fused-ring (bicyclic) bond motifs is 1. The molecule has 2 heterocycles. The maximum atomic E-state index is 10.8. The van der Waals surface area contributed by atoms with Crippen molar-refractivity contribution in [3.63, 3.8) is 0 Å². The summed E-state index contributed by atoms with van der Waals surface area (Å²) in [6.45, 7) is 11.9. The van der Waals surface area contributed by atoms with Crippen LogP contribution < -0.4 is 4.90 Å². The number of hydrogen-bond donors (Lipinski definition) is 1. The predicted octanol–water partition coefficient (Wildman–Crippen LogP) is 3.75. The van der Waals surface area contributed by atoms with Crippen molar-refractivity contribution in [3.8, 4) is 0 Å². The highest BCUT2D eigenvalue weighted by Gasteiger charge is 2.21. The monoisotopic (exact) mass is 377 g/mol. The SMILES string of the molecule is Cc1ccc(N2CCN(C[C@H](O)Cn3c(C)c(C)c4ccccc43)CC2)cc1. The molecule has 4 rings (SSSR count). The summed E-state index contributed by atoms with van der Waals surface area (Å²) in [6.07, 6.45) is -0.361. The van der Waals surface area contributed by atoms with Crippen LogP contribution in [-0.4, -0.2) is 53.4 Å². The Kier molecular flexibility index (Phi) is 5.42. The fourth-order valence-electron chi connectivity index (χ4n) is 4.35. The third-order valence-electron chi connectivity index (χ3n) is 6.18. The molecule has 1 fully saturated rings. The van der Waals surface area contributed by atoms with E-state index in [0.29, 0.717) is 6.54 Å². The molecule has 148 valence electrons. The summed E-state index contributed by atoms with van der Waals surface area (Å²) in [6, 6.07) is 17.3. The summed E-state index contributed by atoms with van der Waals surface area (Å²) < 4.78 is 2.28. The first-order valence-electron chi connectivity index (χ1n) is 10.3. The van der Waals surface area contributed by atoms with Crippen molar-refractivity contribution in [2.24, 2.45) is 0 Å². The van der Waals surface area contributed by atoms with Crippen LogP contribution >= 0.6 is 0 Å². The fourth-order valence-corrected chi connectivity index (χ4v) is 4.35.